The van der Waals surface area contributed by atoms with E-state index in [1.54, 1.807) is 0 Å². The molecule has 5 heteroatoms. The van der Waals surface area contributed by atoms with E-state index in [1.165, 1.54) is 25.3 Å². The number of methoxy groups -OCH3 is 1. The minimum absolute atomic E-state index is 0.134. The number of nitrogens with zero attached hydrogens (tertiary/aromatic N) is 2. The van der Waals surface area contributed by atoms with Gasteiger partial charge in [-0.25, -0.2) is 4.79 Å². The highest BCUT2D eigenvalue weighted by atomic mass is 35.5. The Kier molecular flexibility index (Phi) is 3.24. The zero-order valence-corrected chi connectivity index (χ0v) is 8.00. The fraction of sp³-hybridized carbons (Fsp3) is 0.111. The molecule has 0 aromatic heterocycles. The van der Waals surface area contributed by atoms with Crippen molar-refractivity contribution in [2.24, 2.45) is 4.99 Å². The van der Waals surface area contributed by atoms with Crippen molar-refractivity contribution in [1.29, 1.82) is 5.26 Å². The van der Waals surface area contributed by atoms with Gasteiger partial charge in [-0.2, -0.15) is 10.3 Å². The molecule has 0 amide bonds. The van der Waals surface area contributed by atoms with E-state index in [9.17, 15) is 4.79 Å². The fourth-order valence-corrected chi connectivity index (χ4v) is 1.25. The third kappa shape index (κ3) is 1.74. The van der Waals surface area contributed by atoms with Gasteiger partial charge < -0.3 is 4.74 Å². The molecule has 0 spiro atoms. The lowest BCUT2D eigenvalue weighted by atomic mass is 10.2. The standard InChI is InChI=1S/C9H5ClN2O2/c1-14-9-6(4-11)2-3-7(8(9)10)12-5-13/h2-3H,1H3. The first kappa shape index (κ1) is 10.3. The van der Waals surface area contributed by atoms with Gasteiger partial charge >= 0.3 is 0 Å². The quantitative estimate of drug-likeness (QED) is 0.553. The molecule has 14 heavy (non-hydrogen) atoms. The van der Waals surface area contributed by atoms with Gasteiger partial charge in [0.1, 0.15) is 11.1 Å². The molecule has 1 aromatic carbocycles. The lowest BCUT2D eigenvalue weighted by Gasteiger charge is -2.05. The first-order valence-electron chi connectivity index (χ1n) is 3.59. The van der Waals surface area contributed by atoms with E-state index in [-0.39, 0.29) is 16.5 Å². The van der Waals surface area contributed by atoms with Gasteiger partial charge in [0.25, 0.3) is 0 Å². The Hall–Kier alpha value is -1.82. The molecular weight excluding hydrogens is 204 g/mol. The highest BCUT2D eigenvalue weighted by Crippen LogP contribution is 2.36. The molecule has 0 fully saturated rings. The normalized spacial score (nSPS) is 8.64. The van der Waals surface area contributed by atoms with Crippen molar-refractivity contribution >= 4 is 23.4 Å². The third-order valence-electron chi connectivity index (χ3n) is 1.57. The van der Waals surface area contributed by atoms with Crippen molar-refractivity contribution < 1.29 is 9.53 Å². The Balaban J connectivity index is 3.43. The summed E-state index contributed by atoms with van der Waals surface area (Å²) in [6.45, 7) is 0. The molecule has 1 rings (SSSR count). The van der Waals surface area contributed by atoms with Crippen LogP contribution in [-0.2, 0) is 4.79 Å². The maximum absolute atomic E-state index is 10.0. The number of rotatable bonds is 2. The smallest absolute Gasteiger partial charge is 0.240 e. The SMILES string of the molecule is COc1c(C#N)ccc(N=C=O)c1Cl. The maximum Gasteiger partial charge on any atom is 0.240 e. The molecule has 0 aliphatic heterocycles. The van der Waals surface area contributed by atoms with E-state index in [2.05, 4.69) is 4.99 Å². The summed E-state index contributed by atoms with van der Waals surface area (Å²) in [6.07, 6.45) is 1.37. The van der Waals surface area contributed by atoms with Crippen LogP contribution < -0.4 is 4.74 Å². The van der Waals surface area contributed by atoms with Gasteiger partial charge in [-0.05, 0) is 12.1 Å². The predicted molar refractivity (Wildman–Crippen MR) is 50.5 cm³/mol. The lowest BCUT2D eigenvalue weighted by molar-refractivity contribution is 0.414. The van der Waals surface area contributed by atoms with Crippen molar-refractivity contribution in [3.8, 4) is 11.8 Å². The third-order valence-corrected chi connectivity index (χ3v) is 1.93. The van der Waals surface area contributed by atoms with Crippen molar-refractivity contribution in [2.45, 2.75) is 0 Å². The van der Waals surface area contributed by atoms with E-state index in [1.807, 2.05) is 6.07 Å². The van der Waals surface area contributed by atoms with E-state index in [0.29, 0.717) is 5.56 Å². The molecular formula is C9H5ClN2O2. The molecule has 0 bridgehead atoms. The first-order chi connectivity index (χ1) is 6.74. The summed E-state index contributed by atoms with van der Waals surface area (Å²) in [5.74, 6) is 0.214. The molecule has 4 nitrogen and oxygen atoms in total. The number of isocyanates is 1. The second-order valence-electron chi connectivity index (χ2n) is 2.29. The Morgan fingerprint density at radius 3 is 2.79 bits per heavy atom. The molecule has 0 radical (unpaired) electrons. The van der Waals surface area contributed by atoms with Crippen LogP contribution in [0.5, 0.6) is 5.75 Å². The maximum atomic E-state index is 10.0. The second-order valence-corrected chi connectivity index (χ2v) is 2.67. The van der Waals surface area contributed by atoms with E-state index < -0.39 is 0 Å². The summed E-state index contributed by atoms with van der Waals surface area (Å²) in [5.41, 5.74) is 0.528. The van der Waals surface area contributed by atoms with Gasteiger partial charge in [0.05, 0.1) is 18.4 Å². The molecule has 1 aromatic rings. The highest BCUT2D eigenvalue weighted by molar-refractivity contribution is 6.34. The van der Waals surface area contributed by atoms with Crippen LogP contribution >= 0.6 is 11.6 Å². The van der Waals surface area contributed by atoms with Crippen LogP contribution in [0.2, 0.25) is 5.02 Å². The summed E-state index contributed by atoms with van der Waals surface area (Å²) in [7, 11) is 1.39. The molecule has 0 saturated carbocycles. The molecule has 0 saturated heterocycles. The summed E-state index contributed by atoms with van der Waals surface area (Å²) in [4.78, 5) is 13.4. The van der Waals surface area contributed by atoms with Gasteiger partial charge in [0.15, 0.2) is 5.75 Å². The minimum Gasteiger partial charge on any atom is -0.494 e. The van der Waals surface area contributed by atoms with Crippen LogP contribution in [0.15, 0.2) is 17.1 Å². The zero-order chi connectivity index (χ0) is 10.6. The van der Waals surface area contributed by atoms with Gasteiger partial charge in [-0.3, -0.25) is 0 Å². The summed E-state index contributed by atoms with van der Waals surface area (Å²) < 4.78 is 4.91. The zero-order valence-electron chi connectivity index (χ0n) is 7.24. The van der Waals surface area contributed by atoms with Crippen LogP contribution in [0, 0.1) is 11.3 Å². The van der Waals surface area contributed by atoms with Crippen LogP contribution in [0.25, 0.3) is 0 Å². The van der Waals surface area contributed by atoms with Crippen LogP contribution in [-0.4, -0.2) is 13.2 Å². The number of nitriles is 1. The minimum atomic E-state index is 0.134. The Morgan fingerprint density at radius 1 is 1.57 bits per heavy atom. The van der Waals surface area contributed by atoms with Crippen LogP contribution in [0.3, 0.4) is 0 Å². The van der Waals surface area contributed by atoms with Crippen LogP contribution in [0.1, 0.15) is 5.56 Å². The van der Waals surface area contributed by atoms with Gasteiger partial charge in [0.2, 0.25) is 6.08 Å². The topological polar surface area (TPSA) is 62.4 Å². The lowest BCUT2D eigenvalue weighted by Crippen LogP contribution is -1.88. The summed E-state index contributed by atoms with van der Waals surface area (Å²) >= 11 is 5.82. The van der Waals surface area contributed by atoms with E-state index >= 15 is 0 Å². The van der Waals surface area contributed by atoms with Crippen molar-refractivity contribution in [3.63, 3.8) is 0 Å². The number of benzene rings is 1. The number of hydrogen-bond donors (Lipinski definition) is 0. The number of carbonyl (C=O) groups excluding carboxylic acids is 1. The average Bonchev–Trinajstić information content (AvgIpc) is 2.21. The number of aliphatic imine (C=N–C) groups is 1. The van der Waals surface area contributed by atoms with Crippen LogP contribution in [0.4, 0.5) is 5.69 Å². The highest BCUT2D eigenvalue weighted by Gasteiger charge is 2.11. The van der Waals surface area contributed by atoms with Crippen molar-refractivity contribution in [3.05, 3.63) is 22.7 Å². The molecule has 0 N–H and O–H groups in total. The number of halogens is 1. The van der Waals surface area contributed by atoms with Gasteiger partial charge in [-0.1, -0.05) is 11.6 Å². The number of hydrogen-bond acceptors (Lipinski definition) is 4. The molecule has 0 aliphatic rings. The number of ether oxygens (including phenoxy) is 1. The molecule has 0 heterocycles. The van der Waals surface area contributed by atoms with E-state index in [0.717, 1.165) is 0 Å². The van der Waals surface area contributed by atoms with Gasteiger partial charge in [-0.15, -0.1) is 0 Å². The average molecular weight is 209 g/mol. The second kappa shape index (κ2) is 4.43. The van der Waals surface area contributed by atoms with Gasteiger partial charge in [0, 0.05) is 0 Å². The molecule has 0 aliphatic carbocycles. The Morgan fingerprint density at radius 2 is 2.29 bits per heavy atom. The Bertz CT molecular complexity index is 445. The monoisotopic (exact) mass is 208 g/mol. The predicted octanol–water partition coefficient (Wildman–Crippen LogP) is 2.19. The van der Waals surface area contributed by atoms with E-state index in [4.69, 9.17) is 21.6 Å². The molecule has 0 atom stereocenters. The summed E-state index contributed by atoms with van der Waals surface area (Å²) in [5, 5.41) is 8.83. The van der Waals surface area contributed by atoms with Crippen molar-refractivity contribution in [2.75, 3.05) is 7.11 Å². The Labute approximate surface area is 85.4 Å². The van der Waals surface area contributed by atoms with Crippen molar-refractivity contribution in [1.82, 2.24) is 0 Å². The molecule has 0 unspecified atom stereocenters. The first-order valence-corrected chi connectivity index (χ1v) is 3.96. The summed E-state index contributed by atoms with van der Waals surface area (Å²) in [6, 6.07) is 4.83. The largest absolute Gasteiger partial charge is 0.494 e. The molecule has 70 valence electrons. The fourth-order valence-electron chi connectivity index (χ4n) is 0.969.